The van der Waals surface area contributed by atoms with Gasteiger partial charge in [0, 0.05) is 18.2 Å². The van der Waals surface area contributed by atoms with E-state index in [1.807, 2.05) is 12.1 Å². The molecule has 1 unspecified atom stereocenters. The van der Waals surface area contributed by atoms with Crippen molar-refractivity contribution >= 4 is 0 Å². The number of nitrogens with two attached hydrogens (primary N) is 1. The minimum atomic E-state index is -0.106. The van der Waals surface area contributed by atoms with Gasteiger partial charge in [-0.15, -0.1) is 0 Å². The lowest BCUT2D eigenvalue weighted by Gasteiger charge is -2.25. The molecule has 0 saturated heterocycles. The van der Waals surface area contributed by atoms with Gasteiger partial charge in [-0.05, 0) is 5.92 Å². The highest BCUT2D eigenvalue weighted by Crippen LogP contribution is 2.41. The molecular weight excluding hydrogens is 242 g/mol. The zero-order chi connectivity index (χ0) is 14.4. The molecule has 0 radical (unpaired) electrons. The van der Waals surface area contributed by atoms with Crippen molar-refractivity contribution < 1.29 is 14.2 Å². The van der Waals surface area contributed by atoms with Crippen LogP contribution in [0.25, 0.3) is 0 Å². The van der Waals surface area contributed by atoms with Crippen LogP contribution in [0.15, 0.2) is 12.1 Å². The van der Waals surface area contributed by atoms with Crippen molar-refractivity contribution in [2.24, 2.45) is 11.7 Å². The van der Waals surface area contributed by atoms with E-state index in [9.17, 15) is 0 Å². The molecule has 0 aliphatic rings. The molecule has 1 aromatic carbocycles. The van der Waals surface area contributed by atoms with Gasteiger partial charge in [0.15, 0.2) is 0 Å². The molecule has 19 heavy (non-hydrogen) atoms. The number of hydrogen-bond donors (Lipinski definition) is 1. The van der Waals surface area contributed by atoms with Gasteiger partial charge in [0.25, 0.3) is 0 Å². The lowest BCUT2D eigenvalue weighted by Crippen LogP contribution is -2.22. The molecule has 0 saturated carbocycles. The van der Waals surface area contributed by atoms with Crippen LogP contribution in [0.1, 0.15) is 38.3 Å². The number of ether oxygens (including phenoxy) is 3. The Kier molecular flexibility index (Phi) is 5.96. The molecule has 1 rings (SSSR count). The highest BCUT2D eigenvalue weighted by Gasteiger charge is 2.24. The Morgan fingerprint density at radius 1 is 0.947 bits per heavy atom. The van der Waals surface area contributed by atoms with Gasteiger partial charge in [-0.2, -0.15) is 0 Å². The maximum Gasteiger partial charge on any atom is 0.131 e. The second kappa shape index (κ2) is 7.24. The summed E-state index contributed by atoms with van der Waals surface area (Å²) in [5.74, 6) is 2.54. The zero-order valence-corrected chi connectivity index (χ0v) is 12.5. The summed E-state index contributed by atoms with van der Waals surface area (Å²) in [4.78, 5) is 0. The first-order chi connectivity index (χ1) is 9.12. The molecule has 0 aliphatic carbocycles. The quantitative estimate of drug-likeness (QED) is 0.824. The van der Waals surface area contributed by atoms with Crippen molar-refractivity contribution in [2.45, 2.75) is 32.7 Å². The molecular formula is C15H25NO3. The first-order valence-electron chi connectivity index (χ1n) is 6.68. The Labute approximate surface area is 115 Å². The topological polar surface area (TPSA) is 53.7 Å². The summed E-state index contributed by atoms with van der Waals surface area (Å²) in [6.45, 7) is 4.30. The summed E-state index contributed by atoms with van der Waals surface area (Å²) >= 11 is 0. The maximum atomic E-state index is 6.40. The van der Waals surface area contributed by atoms with E-state index in [1.54, 1.807) is 21.3 Å². The number of hydrogen-bond acceptors (Lipinski definition) is 4. The summed E-state index contributed by atoms with van der Waals surface area (Å²) in [6, 6.07) is 3.59. The van der Waals surface area contributed by atoms with Crippen molar-refractivity contribution in [2.75, 3.05) is 21.3 Å². The van der Waals surface area contributed by atoms with Crippen LogP contribution in [0.5, 0.6) is 17.2 Å². The molecule has 4 nitrogen and oxygen atoms in total. The predicted molar refractivity (Wildman–Crippen MR) is 77.1 cm³/mol. The van der Waals surface area contributed by atoms with Gasteiger partial charge in [0.05, 0.1) is 26.9 Å². The fourth-order valence-corrected chi connectivity index (χ4v) is 2.39. The van der Waals surface area contributed by atoms with Gasteiger partial charge in [-0.25, -0.2) is 0 Å². The smallest absolute Gasteiger partial charge is 0.131 e. The van der Waals surface area contributed by atoms with Crippen LogP contribution in [-0.2, 0) is 0 Å². The van der Waals surface area contributed by atoms with Crippen LogP contribution in [0.3, 0.4) is 0 Å². The average Bonchev–Trinajstić information content (AvgIpc) is 2.46. The van der Waals surface area contributed by atoms with E-state index in [0.717, 1.165) is 29.9 Å². The number of rotatable bonds is 7. The van der Waals surface area contributed by atoms with Crippen LogP contribution >= 0.6 is 0 Å². The second-order valence-corrected chi connectivity index (χ2v) is 4.55. The molecule has 108 valence electrons. The van der Waals surface area contributed by atoms with Gasteiger partial charge in [0.1, 0.15) is 17.2 Å². The Bertz CT molecular complexity index is 377. The summed E-state index contributed by atoms with van der Waals surface area (Å²) in [6.07, 6.45) is 2.05. The Hall–Kier alpha value is -1.42. The SMILES string of the molecule is CCC(CC)C(N)c1c(OC)cc(OC)cc1OC. The summed E-state index contributed by atoms with van der Waals surface area (Å²) in [7, 11) is 4.89. The van der Waals surface area contributed by atoms with Crippen LogP contribution in [0, 0.1) is 5.92 Å². The first-order valence-corrected chi connectivity index (χ1v) is 6.68. The molecule has 0 amide bonds. The van der Waals surface area contributed by atoms with Crippen molar-refractivity contribution in [3.8, 4) is 17.2 Å². The van der Waals surface area contributed by atoms with E-state index in [-0.39, 0.29) is 6.04 Å². The monoisotopic (exact) mass is 267 g/mol. The van der Waals surface area contributed by atoms with E-state index >= 15 is 0 Å². The van der Waals surface area contributed by atoms with E-state index in [4.69, 9.17) is 19.9 Å². The summed E-state index contributed by atoms with van der Waals surface area (Å²) < 4.78 is 16.1. The van der Waals surface area contributed by atoms with Gasteiger partial charge in [-0.1, -0.05) is 26.7 Å². The van der Waals surface area contributed by atoms with Gasteiger partial charge in [-0.3, -0.25) is 0 Å². The molecule has 0 bridgehead atoms. The summed E-state index contributed by atoms with van der Waals surface area (Å²) in [5, 5.41) is 0. The maximum absolute atomic E-state index is 6.40. The number of methoxy groups -OCH3 is 3. The number of benzene rings is 1. The third kappa shape index (κ3) is 3.32. The highest BCUT2D eigenvalue weighted by molar-refractivity contribution is 5.52. The molecule has 1 atom stereocenters. The van der Waals surface area contributed by atoms with Crippen molar-refractivity contribution in [3.63, 3.8) is 0 Å². The van der Waals surface area contributed by atoms with Crippen molar-refractivity contribution in [3.05, 3.63) is 17.7 Å². The second-order valence-electron chi connectivity index (χ2n) is 4.55. The average molecular weight is 267 g/mol. The van der Waals surface area contributed by atoms with Crippen LogP contribution in [0.4, 0.5) is 0 Å². The van der Waals surface area contributed by atoms with E-state index < -0.39 is 0 Å². The molecule has 2 N–H and O–H groups in total. The van der Waals surface area contributed by atoms with Crippen molar-refractivity contribution in [1.29, 1.82) is 0 Å². The minimum Gasteiger partial charge on any atom is -0.496 e. The largest absolute Gasteiger partial charge is 0.496 e. The van der Waals surface area contributed by atoms with E-state index in [0.29, 0.717) is 11.7 Å². The fraction of sp³-hybridized carbons (Fsp3) is 0.600. The van der Waals surface area contributed by atoms with Gasteiger partial charge < -0.3 is 19.9 Å². The normalized spacial score (nSPS) is 12.4. The summed E-state index contributed by atoms with van der Waals surface area (Å²) in [5.41, 5.74) is 7.32. The Balaban J connectivity index is 3.30. The molecule has 4 heteroatoms. The van der Waals surface area contributed by atoms with Gasteiger partial charge in [0.2, 0.25) is 0 Å². The Morgan fingerprint density at radius 3 is 1.74 bits per heavy atom. The lowest BCUT2D eigenvalue weighted by atomic mass is 9.88. The third-order valence-corrected chi connectivity index (χ3v) is 3.64. The molecule has 1 aromatic rings. The minimum absolute atomic E-state index is 0.106. The van der Waals surface area contributed by atoms with Crippen LogP contribution in [0.2, 0.25) is 0 Å². The molecule has 0 heterocycles. The van der Waals surface area contributed by atoms with Gasteiger partial charge >= 0.3 is 0 Å². The standard InChI is InChI=1S/C15H25NO3/c1-6-10(7-2)15(16)14-12(18-4)8-11(17-3)9-13(14)19-5/h8-10,15H,6-7,16H2,1-5H3. The first kappa shape index (κ1) is 15.6. The fourth-order valence-electron chi connectivity index (χ4n) is 2.39. The molecule has 0 aromatic heterocycles. The lowest BCUT2D eigenvalue weighted by molar-refractivity contribution is 0.339. The molecule has 0 fully saturated rings. The molecule has 0 aliphatic heterocycles. The Morgan fingerprint density at radius 2 is 1.42 bits per heavy atom. The van der Waals surface area contributed by atoms with Crippen LogP contribution in [-0.4, -0.2) is 21.3 Å². The highest BCUT2D eigenvalue weighted by atomic mass is 16.5. The molecule has 0 spiro atoms. The van der Waals surface area contributed by atoms with E-state index in [2.05, 4.69) is 13.8 Å². The predicted octanol–water partition coefficient (Wildman–Crippen LogP) is 3.15. The van der Waals surface area contributed by atoms with E-state index in [1.165, 1.54) is 0 Å². The van der Waals surface area contributed by atoms with Crippen LogP contribution < -0.4 is 19.9 Å². The zero-order valence-electron chi connectivity index (χ0n) is 12.5. The van der Waals surface area contributed by atoms with Crippen molar-refractivity contribution in [1.82, 2.24) is 0 Å². The third-order valence-electron chi connectivity index (χ3n) is 3.64.